The van der Waals surface area contributed by atoms with Crippen molar-refractivity contribution in [2.24, 2.45) is 5.92 Å². The number of hydrogen-bond donors (Lipinski definition) is 1. The van der Waals surface area contributed by atoms with E-state index in [0.29, 0.717) is 5.92 Å². The van der Waals surface area contributed by atoms with Crippen LogP contribution in [-0.4, -0.2) is 70.7 Å². The number of likely N-dealkylation sites (tertiary alicyclic amines) is 1. The molecule has 2 aliphatic rings. The van der Waals surface area contributed by atoms with Crippen LogP contribution in [0.2, 0.25) is 0 Å². The SMILES string of the molecule is C[C@@H]1COc2cc(N)ccc2C(=[SiH2])CCN(C2CCN(C)CC2)C1. The van der Waals surface area contributed by atoms with Gasteiger partial charge < -0.3 is 15.4 Å². The number of hydrogen-bond acceptors (Lipinski definition) is 4. The molecule has 132 valence electrons. The van der Waals surface area contributed by atoms with E-state index < -0.39 is 0 Å². The van der Waals surface area contributed by atoms with Crippen LogP contribution in [0.1, 0.15) is 31.7 Å². The van der Waals surface area contributed by atoms with Crippen molar-refractivity contribution in [2.45, 2.75) is 32.2 Å². The molecule has 1 saturated heterocycles. The quantitative estimate of drug-likeness (QED) is 0.614. The van der Waals surface area contributed by atoms with Gasteiger partial charge in [-0.2, -0.15) is 0 Å². The third-order valence-corrected chi connectivity index (χ3v) is 6.10. The Morgan fingerprint density at radius 3 is 2.71 bits per heavy atom. The van der Waals surface area contributed by atoms with Crippen molar-refractivity contribution >= 4 is 20.7 Å². The summed E-state index contributed by atoms with van der Waals surface area (Å²) < 4.78 is 6.15. The minimum Gasteiger partial charge on any atom is -0.493 e. The van der Waals surface area contributed by atoms with Crippen LogP contribution in [-0.2, 0) is 0 Å². The first kappa shape index (κ1) is 17.6. The highest BCUT2D eigenvalue weighted by Crippen LogP contribution is 2.26. The van der Waals surface area contributed by atoms with Gasteiger partial charge in [0.25, 0.3) is 0 Å². The third kappa shape index (κ3) is 4.26. The minimum atomic E-state index is 0.528. The number of rotatable bonds is 1. The fourth-order valence-corrected chi connectivity index (χ4v) is 4.28. The Balaban J connectivity index is 1.75. The van der Waals surface area contributed by atoms with Crippen LogP contribution in [0.3, 0.4) is 0 Å². The average Bonchev–Trinajstić information content (AvgIpc) is 2.57. The fourth-order valence-electron chi connectivity index (χ4n) is 3.83. The summed E-state index contributed by atoms with van der Waals surface area (Å²) >= 11 is 0. The second kappa shape index (κ2) is 7.81. The van der Waals surface area contributed by atoms with Gasteiger partial charge >= 0.3 is 0 Å². The minimum absolute atomic E-state index is 0.528. The maximum absolute atomic E-state index is 6.15. The van der Waals surface area contributed by atoms with Crippen molar-refractivity contribution in [2.75, 3.05) is 45.6 Å². The molecular formula is C19H31N3OSi. The molecule has 0 unspecified atom stereocenters. The van der Waals surface area contributed by atoms with Gasteiger partial charge in [-0.05, 0) is 61.4 Å². The topological polar surface area (TPSA) is 41.7 Å². The average molecular weight is 346 g/mol. The maximum Gasteiger partial charge on any atom is 0.128 e. The first-order valence-electron chi connectivity index (χ1n) is 9.16. The summed E-state index contributed by atoms with van der Waals surface area (Å²) in [5.74, 6) is 1.49. The van der Waals surface area contributed by atoms with E-state index in [9.17, 15) is 0 Å². The molecule has 3 rings (SSSR count). The van der Waals surface area contributed by atoms with Crippen LogP contribution in [0.5, 0.6) is 5.75 Å². The van der Waals surface area contributed by atoms with Gasteiger partial charge in [-0.25, -0.2) is 0 Å². The summed E-state index contributed by atoms with van der Waals surface area (Å²) in [4.78, 5) is 5.17. The standard InChI is InChI=1S/C19H31N3OSi/c1-14-12-22(16-5-8-21(2)9-6-16)10-7-19(24)17-4-3-15(20)11-18(17)23-13-14/h3-4,11,14,16H,5-10,12-13,20,24H2,1-2H3/t14-/m0/s1. The van der Waals surface area contributed by atoms with Gasteiger partial charge in [0.2, 0.25) is 0 Å². The molecule has 2 N–H and O–H groups in total. The number of benzene rings is 1. The van der Waals surface area contributed by atoms with Crippen LogP contribution >= 0.6 is 0 Å². The number of nitrogens with two attached hydrogens (primary N) is 1. The van der Waals surface area contributed by atoms with Crippen molar-refractivity contribution in [3.8, 4) is 5.75 Å². The Morgan fingerprint density at radius 2 is 1.96 bits per heavy atom. The first-order chi connectivity index (χ1) is 11.5. The Bertz CT molecular complexity index is 584. The molecule has 1 fully saturated rings. The van der Waals surface area contributed by atoms with Crippen LogP contribution in [0.15, 0.2) is 18.2 Å². The summed E-state index contributed by atoms with van der Waals surface area (Å²) in [5.41, 5.74) is 7.97. The normalized spacial score (nSPS) is 25.1. The summed E-state index contributed by atoms with van der Waals surface area (Å²) in [6.45, 7) is 7.78. The van der Waals surface area contributed by atoms with Gasteiger partial charge in [0.05, 0.1) is 6.61 Å². The lowest BCUT2D eigenvalue weighted by molar-refractivity contribution is 0.0976. The fraction of sp³-hybridized carbons (Fsp3) is 0.632. The van der Waals surface area contributed by atoms with E-state index in [0.717, 1.165) is 43.6 Å². The third-order valence-electron chi connectivity index (χ3n) is 5.36. The van der Waals surface area contributed by atoms with Gasteiger partial charge in [0, 0.05) is 42.4 Å². The maximum atomic E-state index is 6.15. The zero-order valence-electron chi connectivity index (χ0n) is 15.1. The Labute approximate surface area is 149 Å². The number of ether oxygens (including phenoxy) is 1. The lowest BCUT2D eigenvalue weighted by Gasteiger charge is -2.39. The zero-order valence-corrected chi connectivity index (χ0v) is 16.5. The van der Waals surface area contributed by atoms with Crippen LogP contribution in [0.4, 0.5) is 5.69 Å². The highest BCUT2D eigenvalue weighted by Gasteiger charge is 2.25. The van der Waals surface area contributed by atoms with Gasteiger partial charge in [-0.15, -0.1) is 0 Å². The Kier molecular flexibility index (Phi) is 5.74. The highest BCUT2D eigenvalue weighted by atomic mass is 28.1. The smallest absolute Gasteiger partial charge is 0.128 e. The molecule has 0 aromatic heterocycles. The van der Waals surface area contributed by atoms with Gasteiger partial charge in [-0.3, -0.25) is 4.90 Å². The molecule has 0 aliphatic carbocycles. The van der Waals surface area contributed by atoms with E-state index in [2.05, 4.69) is 29.8 Å². The molecule has 4 nitrogen and oxygen atoms in total. The zero-order chi connectivity index (χ0) is 17.1. The van der Waals surface area contributed by atoms with Crippen LogP contribution < -0.4 is 10.5 Å². The van der Waals surface area contributed by atoms with Crippen LogP contribution in [0, 0.1) is 5.92 Å². The number of nitrogens with zero attached hydrogens (tertiary/aromatic N) is 2. The van der Waals surface area contributed by atoms with Gasteiger partial charge in [0.1, 0.15) is 5.75 Å². The molecule has 2 aliphatic heterocycles. The molecule has 5 heteroatoms. The molecule has 1 atom stereocenters. The molecule has 0 amide bonds. The van der Waals surface area contributed by atoms with Crippen molar-refractivity contribution in [1.29, 1.82) is 0 Å². The lowest BCUT2D eigenvalue weighted by atomic mass is 10.00. The van der Waals surface area contributed by atoms with Crippen molar-refractivity contribution in [3.05, 3.63) is 23.8 Å². The predicted octanol–water partition coefficient (Wildman–Crippen LogP) is 1.24. The largest absolute Gasteiger partial charge is 0.493 e. The molecule has 1 aromatic rings. The molecule has 1 aromatic carbocycles. The summed E-state index contributed by atoms with van der Waals surface area (Å²) in [7, 11) is 4.23. The molecule has 0 saturated carbocycles. The number of piperidine rings is 1. The number of anilines is 1. The molecule has 0 spiro atoms. The summed E-state index contributed by atoms with van der Waals surface area (Å²) in [6.07, 6.45) is 3.69. The van der Waals surface area contributed by atoms with E-state index in [1.54, 1.807) is 0 Å². The van der Waals surface area contributed by atoms with E-state index in [1.165, 1.54) is 36.7 Å². The molecule has 0 bridgehead atoms. The van der Waals surface area contributed by atoms with E-state index in [-0.39, 0.29) is 0 Å². The van der Waals surface area contributed by atoms with E-state index in [1.807, 2.05) is 22.0 Å². The van der Waals surface area contributed by atoms with E-state index >= 15 is 0 Å². The molecule has 2 heterocycles. The second-order valence-corrected chi connectivity index (χ2v) is 8.41. The van der Waals surface area contributed by atoms with Gasteiger partial charge in [-0.1, -0.05) is 12.1 Å². The summed E-state index contributed by atoms with van der Waals surface area (Å²) in [6, 6.07) is 6.82. The van der Waals surface area contributed by atoms with Gasteiger partial charge in [0.15, 0.2) is 0 Å². The summed E-state index contributed by atoms with van der Waals surface area (Å²) in [5, 5.41) is 1.43. The Hall–Kier alpha value is -1.17. The lowest BCUT2D eigenvalue weighted by Crippen LogP contribution is -2.46. The number of fused-ring (bicyclic) bond motifs is 1. The first-order valence-corrected chi connectivity index (χ1v) is 9.86. The molecule has 0 radical (unpaired) electrons. The van der Waals surface area contributed by atoms with Crippen molar-refractivity contribution < 1.29 is 4.74 Å². The highest BCUT2D eigenvalue weighted by molar-refractivity contribution is 6.44. The van der Waals surface area contributed by atoms with E-state index in [4.69, 9.17) is 10.5 Å². The second-order valence-electron chi connectivity index (χ2n) is 7.55. The Morgan fingerprint density at radius 1 is 1.21 bits per heavy atom. The van der Waals surface area contributed by atoms with Crippen molar-refractivity contribution in [3.63, 3.8) is 0 Å². The molecule has 24 heavy (non-hydrogen) atoms. The van der Waals surface area contributed by atoms with Crippen molar-refractivity contribution in [1.82, 2.24) is 9.80 Å². The number of nitrogen functional groups attached to an aromatic ring is 1. The predicted molar refractivity (Wildman–Crippen MR) is 105 cm³/mol. The molecular weight excluding hydrogens is 314 g/mol. The monoisotopic (exact) mass is 345 g/mol. The van der Waals surface area contributed by atoms with Crippen LogP contribution in [0.25, 0.3) is 0 Å².